The number of aliphatic carboxylic acids is 1. The molecule has 6 nitrogen and oxygen atoms in total. The van der Waals surface area contributed by atoms with Crippen molar-refractivity contribution >= 4 is 11.9 Å². The van der Waals surface area contributed by atoms with Crippen LogP contribution in [0.15, 0.2) is 42.5 Å². The molecule has 0 spiro atoms. The highest BCUT2D eigenvalue weighted by Gasteiger charge is 2.23. The number of aromatic hydroxyl groups is 1. The van der Waals surface area contributed by atoms with Crippen LogP contribution in [0.3, 0.4) is 0 Å². The molecule has 1 atom stereocenters. The number of aryl methyl sites for hydroxylation is 2. The molecule has 0 aliphatic heterocycles. The van der Waals surface area contributed by atoms with E-state index >= 15 is 0 Å². The Kier molecular flexibility index (Phi) is 8.21. The zero-order chi connectivity index (χ0) is 21.4. The van der Waals surface area contributed by atoms with Gasteiger partial charge in [-0.1, -0.05) is 44.2 Å². The zero-order valence-corrected chi connectivity index (χ0v) is 17.1. The SMILES string of the molecule is COCc1ccc(CCc2cc(O)ccc2C[C@H](NC(=O)C(C)C)C(=O)O)cc1. The van der Waals surface area contributed by atoms with Crippen molar-refractivity contribution in [2.45, 2.75) is 45.8 Å². The Morgan fingerprint density at radius 2 is 1.66 bits per heavy atom. The fraction of sp³-hybridized carbons (Fsp3) is 0.391. The van der Waals surface area contributed by atoms with E-state index in [1.807, 2.05) is 24.3 Å². The van der Waals surface area contributed by atoms with Gasteiger partial charge in [0.15, 0.2) is 0 Å². The summed E-state index contributed by atoms with van der Waals surface area (Å²) in [6.45, 7) is 4.01. The molecule has 0 radical (unpaired) electrons. The molecule has 0 saturated heterocycles. The van der Waals surface area contributed by atoms with E-state index < -0.39 is 12.0 Å². The Bertz CT molecular complexity index is 830. The van der Waals surface area contributed by atoms with Crippen LogP contribution in [0, 0.1) is 5.92 Å². The van der Waals surface area contributed by atoms with Gasteiger partial charge >= 0.3 is 5.97 Å². The number of amides is 1. The van der Waals surface area contributed by atoms with Crippen molar-refractivity contribution in [1.29, 1.82) is 0 Å². The highest BCUT2D eigenvalue weighted by molar-refractivity contribution is 5.84. The lowest BCUT2D eigenvalue weighted by Crippen LogP contribution is -2.44. The van der Waals surface area contributed by atoms with Crippen LogP contribution in [-0.4, -0.2) is 35.2 Å². The molecule has 0 aromatic heterocycles. The van der Waals surface area contributed by atoms with E-state index in [0.717, 1.165) is 28.7 Å². The molecule has 0 saturated carbocycles. The van der Waals surface area contributed by atoms with Gasteiger partial charge in [-0.15, -0.1) is 0 Å². The second kappa shape index (κ2) is 10.6. The van der Waals surface area contributed by atoms with Crippen LogP contribution < -0.4 is 5.32 Å². The van der Waals surface area contributed by atoms with E-state index in [1.54, 1.807) is 39.2 Å². The fourth-order valence-corrected chi connectivity index (χ4v) is 3.05. The van der Waals surface area contributed by atoms with Crippen molar-refractivity contribution in [3.05, 3.63) is 64.7 Å². The molecule has 2 rings (SSSR count). The van der Waals surface area contributed by atoms with Crippen LogP contribution in [0.25, 0.3) is 0 Å². The Morgan fingerprint density at radius 3 is 2.24 bits per heavy atom. The molecule has 2 aromatic rings. The summed E-state index contributed by atoms with van der Waals surface area (Å²) >= 11 is 0. The summed E-state index contributed by atoms with van der Waals surface area (Å²) in [5.74, 6) is -1.53. The smallest absolute Gasteiger partial charge is 0.326 e. The molecule has 3 N–H and O–H groups in total. The molecule has 0 fully saturated rings. The van der Waals surface area contributed by atoms with Crippen LogP contribution in [0.1, 0.15) is 36.1 Å². The van der Waals surface area contributed by atoms with Crippen molar-refractivity contribution in [3.63, 3.8) is 0 Å². The third-order valence-electron chi connectivity index (χ3n) is 4.77. The number of phenolic OH excluding ortho intramolecular Hbond substituents is 1. The van der Waals surface area contributed by atoms with Crippen molar-refractivity contribution in [3.8, 4) is 5.75 Å². The second-order valence-electron chi connectivity index (χ2n) is 7.46. The van der Waals surface area contributed by atoms with E-state index in [1.165, 1.54) is 0 Å². The van der Waals surface area contributed by atoms with Gasteiger partial charge in [0.2, 0.25) is 5.91 Å². The van der Waals surface area contributed by atoms with Crippen LogP contribution in [0.5, 0.6) is 5.75 Å². The minimum absolute atomic E-state index is 0.136. The average molecular weight is 399 g/mol. The summed E-state index contributed by atoms with van der Waals surface area (Å²) in [4.78, 5) is 23.6. The Labute approximate surface area is 171 Å². The van der Waals surface area contributed by atoms with Gasteiger partial charge in [-0.05, 0) is 47.2 Å². The lowest BCUT2D eigenvalue weighted by Gasteiger charge is -2.18. The van der Waals surface area contributed by atoms with Crippen molar-refractivity contribution in [1.82, 2.24) is 5.32 Å². The summed E-state index contributed by atoms with van der Waals surface area (Å²) in [5.41, 5.74) is 3.91. The zero-order valence-electron chi connectivity index (χ0n) is 17.1. The minimum Gasteiger partial charge on any atom is -0.508 e. The van der Waals surface area contributed by atoms with E-state index in [9.17, 15) is 19.8 Å². The first kappa shape index (κ1) is 22.4. The summed E-state index contributed by atoms with van der Waals surface area (Å²) in [6, 6.07) is 12.0. The number of rotatable bonds is 10. The first-order valence-corrected chi connectivity index (χ1v) is 9.70. The van der Waals surface area contributed by atoms with Crippen LogP contribution in [0.2, 0.25) is 0 Å². The van der Waals surface area contributed by atoms with Gasteiger partial charge in [0.05, 0.1) is 6.61 Å². The third-order valence-corrected chi connectivity index (χ3v) is 4.77. The van der Waals surface area contributed by atoms with E-state index in [-0.39, 0.29) is 24.0 Å². The van der Waals surface area contributed by atoms with E-state index in [4.69, 9.17) is 4.74 Å². The normalized spacial score (nSPS) is 12.0. The maximum absolute atomic E-state index is 11.9. The summed E-state index contributed by atoms with van der Waals surface area (Å²) < 4.78 is 5.12. The van der Waals surface area contributed by atoms with Gasteiger partial charge in [-0.2, -0.15) is 0 Å². The number of benzene rings is 2. The number of carboxylic acid groups (broad SMARTS) is 1. The van der Waals surface area contributed by atoms with E-state index in [2.05, 4.69) is 5.32 Å². The topological polar surface area (TPSA) is 95.9 Å². The van der Waals surface area contributed by atoms with Gasteiger partial charge in [0.1, 0.15) is 11.8 Å². The number of carboxylic acids is 1. The minimum atomic E-state index is -1.08. The van der Waals surface area contributed by atoms with E-state index in [0.29, 0.717) is 13.0 Å². The molecule has 0 heterocycles. The van der Waals surface area contributed by atoms with Crippen molar-refractivity contribution in [2.24, 2.45) is 5.92 Å². The number of hydrogen-bond acceptors (Lipinski definition) is 4. The van der Waals surface area contributed by atoms with Crippen LogP contribution in [-0.2, 0) is 40.2 Å². The van der Waals surface area contributed by atoms with Crippen LogP contribution >= 0.6 is 0 Å². The number of carbonyl (C=O) groups is 2. The standard InChI is InChI=1S/C23H29NO5/c1-15(2)22(26)24-21(23(27)28)13-19-10-11-20(25)12-18(19)9-8-16-4-6-17(7-5-16)14-29-3/h4-7,10-12,15,21,25H,8-9,13-14H2,1-3H3,(H,24,26)(H,27,28)/t21-/m0/s1. The lowest BCUT2D eigenvalue weighted by atomic mass is 9.94. The lowest BCUT2D eigenvalue weighted by molar-refractivity contribution is -0.142. The molecule has 0 aliphatic carbocycles. The molecule has 0 bridgehead atoms. The molecule has 0 unspecified atom stereocenters. The first-order valence-electron chi connectivity index (χ1n) is 9.70. The number of phenols is 1. The Hall–Kier alpha value is -2.86. The average Bonchev–Trinajstić information content (AvgIpc) is 2.68. The maximum Gasteiger partial charge on any atom is 0.326 e. The van der Waals surface area contributed by atoms with Gasteiger partial charge in [0, 0.05) is 19.4 Å². The third kappa shape index (κ3) is 6.91. The molecule has 1 amide bonds. The van der Waals surface area contributed by atoms with Crippen molar-refractivity contribution < 1.29 is 24.5 Å². The Morgan fingerprint density at radius 1 is 1.00 bits per heavy atom. The predicted octanol–water partition coefficient (Wildman–Crippen LogP) is 3.09. The van der Waals surface area contributed by atoms with Crippen molar-refractivity contribution in [2.75, 3.05) is 7.11 Å². The second-order valence-corrected chi connectivity index (χ2v) is 7.46. The monoisotopic (exact) mass is 399 g/mol. The number of methoxy groups -OCH3 is 1. The predicted molar refractivity (Wildman–Crippen MR) is 111 cm³/mol. The molecule has 29 heavy (non-hydrogen) atoms. The molecule has 0 aliphatic rings. The number of carbonyl (C=O) groups excluding carboxylic acids is 1. The quantitative estimate of drug-likeness (QED) is 0.571. The largest absolute Gasteiger partial charge is 0.508 e. The number of nitrogens with one attached hydrogen (secondary N) is 1. The molecular formula is C23H29NO5. The summed E-state index contributed by atoms with van der Waals surface area (Å²) in [5, 5.41) is 22.0. The van der Waals surface area contributed by atoms with Gasteiger partial charge in [-0.25, -0.2) is 4.79 Å². The van der Waals surface area contributed by atoms with Gasteiger partial charge in [-0.3, -0.25) is 4.79 Å². The summed E-state index contributed by atoms with van der Waals surface area (Å²) in [7, 11) is 1.66. The molecule has 156 valence electrons. The number of ether oxygens (including phenoxy) is 1. The molecular weight excluding hydrogens is 370 g/mol. The highest BCUT2D eigenvalue weighted by atomic mass is 16.5. The maximum atomic E-state index is 11.9. The molecule has 6 heteroatoms. The van der Waals surface area contributed by atoms with Gasteiger partial charge in [0.25, 0.3) is 0 Å². The summed E-state index contributed by atoms with van der Waals surface area (Å²) in [6.07, 6.45) is 1.56. The molecule has 2 aromatic carbocycles. The fourth-order valence-electron chi connectivity index (χ4n) is 3.05. The van der Waals surface area contributed by atoms with Gasteiger partial charge < -0.3 is 20.3 Å². The highest BCUT2D eigenvalue weighted by Crippen LogP contribution is 2.21. The first-order chi connectivity index (χ1) is 13.8. The number of hydrogen-bond donors (Lipinski definition) is 3. The van der Waals surface area contributed by atoms with Crippen LogP contribution in [0.4, 0.5) is 0 Å². The Balaban J connectivity index is 2.13.